The average molecular weight is 263 g/mol. The first-order valence-corrected chi connectivity index (χ1v) is 5.54. The SMILES string of the molecule is Cc1ccc(C(=O)Nc2c(F)cccc2F)cc1O. The second-order valence-electron chi connectivity index (χ2n) is 4.05. The second kappa shape index (κ2) is 5.06. The van der Waals surface area contributed by atoms with Crippen LogP contribution in [0.25, 0.3) is 0 Å². The summed E-state index contributed by atoms with van der Waals surface area (Å²) < 4.78 is 26.7. The van der Waals surface area contributed by atoms with Gasteiger partial charge in [0.2, 0.25) is 0 Å². The Morgan fingerprint density at radius 1 is 1.16 bits per heavy atom. The number of carbonyl (C=O) groups excluding carboxylic acids is 1. The molecule has 0 unspecified atom stereocenters. The molecule has 5 heteroatoms. The van der Waals surface area contributed by atoms with Crippen molar-refractivity contribution in [2.75, 3.05) is 5.32 Å². The molecule has 0 atom stereocenters. The molecule has 0 aliphatic carbocycles. The van der Waals surface area contributed by atoms with E-state index in [4.69, 9.17) is 0 Å². The van der Waals surface area contributed by atoms with Crippen LogP contribution in [0.1, 0.15) is 15.9 Å². The van der Waals surface area contributed by atoms with Crippen molar-refractivity contribution in [1.29, 1.82) is 0 Å². The number of aryl methyl sites for hydroxylation is 1. The van der Waals surface area contributed by atoms with Crippen LogP contribution in [0.3, 0.4) is 0 Å². The van der Waals surface area contributed by atoms with Gasteiger partial charge in [-0.15, -0.1) is 0 Å². The number of hydrogen-bond donors (Lipinski definition) is 2. The Labute approximate surface area is 108 Å². The summed E-state index contributed by atoms with van der Waals surface area (Å²) in [6.45, 7) is 1.67. The molecule has 2 aromatic rings. The quantitative estimate of drug-likeness (QED) is 0.873. The normalized spacial score (nSPS) is 10.3. The van der Waals surface area contributed by atoms with Crippen LogP contribution in [0.5, 0.6) is 5.75 Å². The van der Waals surface area contributed by atoms with Crippen LogP contribution in [0.15, 0.2) is 36.4 Å². The fourth-order valence-corrected chi connectivity index (χ4v) is 1.55. The standard InChI is InChI=1S/C14H11F2NO2/c1-8-5-6-9(7-12(8)18)14(19)17-13-10(15)3-2-4-11(13)16/h2-7,18H,1H3,(H,17,19). The van der Waals surface area contributed by atoms with E-state index in [1.54, 1.807) is 13.0 Å². The number of halogens is 2. The Morgan fingerprint density at radius 2 is 1.79 bits per heavy atom. The molecule has 0 aliphatic rings. The number of hydrogen-bond acceptors (Lipinski definition) is 2. The Morgan fingerprint density at radius 3 is 2.37 bits per heavy atom. The molecule has 0 radical (unpaired) electrons. The van der Waals surface area contributed by atoms with Crippen molar-refractivity contribution in [2.45, 2.75) is 6.92 Å². The zero-order chi connectivity index (χ0) is 14.0. The van der Waals surface area contributed by atoms with Crippen LogP contribution in [-0.2, 0) is 0 Å². The van der Waals surface area contributed by atoms with Crippen LogP contribution in [0, 0.1) is 18.6 Å². The topological polar surface area (TPSA) is 49.3 Å². The first kappa shape index (κ1) is 13.0. The average Bonchev–Trinajstić information content (AvgIpc) is 2.37. The Hall–Kier alpha value is -2.43. The molecule has 0 heterocycles. The predicted molar refractivity (Wildman–Crippen MR) is 67.2 cm³/mol. The number of benzene rings is 2. The summed E-state index contributed by atoms with van der Waals surface area (Å²) in [5.74, 6) is -2.46. The van der Waals surface area contributed by atoms with Gasteiger partial charge in [0.1, 0.15) is 23.1 Å². The first-order chi connectivity index (χ1) is 8.99. The highest BCUT2D eigenvalue weighted by Gasteiger charge is 2.14. The highest BCUT2D eigenvalue weighted by atomic mass is 19.1. The maximum atomic E-state index is 13.4. The number of amides is 1. The van der Waals surface area contributed by atoms with Crippen LogP contribution < -0.4 is 5.32 Å². The summed E-state index contributed by atoms with van der Waals surface area (Å²) in [6, 6.07) is 7.54. The number of phenols is 1. The number of phenolic OH excluding ortho intramolecular Hbond substituents is 1. The maximum absolute atomic E-state index is 13.4. The van der Waals surface area contributed by atoms with Crippen molar-refractivity contribution in [3.8, 4) is 5.75 Å². The Balaban J connectivity index is 2.28. The molecular weight excluding hydrogens is 252 g/mol. The van der Waals surface area contributed by atoms with E-state index < -0.39 is 23.2 Å². The van der Waals surface area contributed by atoms with Gasteiger partial charge in [0.25, 0.3) is 5.91 Å². The van der Waals surface area contributed by atoms with Gasteiger partial charge in [-0.1, -0.05) is 12.1 Å². The molecule has 98 valence electrons. The molecule has 0 spiro atoms. The van der Waals surface area contributed by atoms with E-state index in [0.29, 0.717) is 5.56 Å². The van der Waals surface area contributed by atoms with Gasteiger partial charge < -0.3 is 10.4 Å². The van der Waals surface area contributed by atoms with Crippen LogP contribution in [0.4, 0.5) is 14.5 Å². The minimum absolute atomic E-state index is 0.0540. The summed E-state index contributed by atoms with van der Waals surface area (Å²) in [5, 5.41) is 11.6. The lowest BCUT2D eigenvalue weighted by Crippen LogP contribution is -2.14. The molecule has 0 aliphatic heterocycles. The van der Waals surface area contributed by atoms with E-state index in [0.717, 1.165) is 12.1 Å². The van der Waals surface area contributed by atoms with Gasteiger partial charge in [-0.25, -0.2) is 8.78 Å². The first-order valence-electron chi connectivity index (χ1n) is 5.54. The molecule has 0 aromatic heterocycles. The van der Waals surface area contributed by atoms with E-state index in [9.17, 15) is 18.7 Å². The molecule has 2 aromatic carbocycles. The van der Waals surface area contributed by atoms with Gasteiger partial charge in [0.05, 0.1) is 0 Å². The highest BCUT2D eigenvalue weighted by Crippen LogP contribution is 2.21. The molecule has 0 bridgehead atoms. The van der Waals surface area contributed by atoms with Crippen LogP contribution in [0.2, 0.25) is 0 Å². The summed E-state index contributed by atoms with van der Waals surface area (Å²) >= 11 is 0. The van der Waals surface area contributed by atoms with E-state index in [2.05, 4.69) is 5.32 Å². The zero-order valence-corrected chi connectivity index (χ0v) is 10.1. The molecule has 0 saturated heterocycles. The number of carbonyl (C=O) groups is 1. The third kappa shape index (κ3) is 2.70. The molecule has 0 fully saturated rings. The Bertz CT molecular complexity index is 621. The third-order valence-electron chi connectivity index (χ3n) is 2.67. The minimum atomic E-state index is -0.857. The van der Waals surface area contributed by atoms with Gasteiger partial charge >= 0.3 is 0 Å². The molecule has 0 saturated carbocycles. The molecule has 2 N–H and O–H groups in total. The summed E-state index contributed by atoms with van der Waals surface area (Å²) in [4.78, 5) is 11.8. The number of rotatable bonds is 2. The molecule has 2 rings (SSSR count). The number of nitrogens with one attached hydrogen (secondary N) is 1. The summed E-state index contributed by atoms with van der Waals surface area (Å²) in [7, 11) is 0. The van der Waals surface area contributed by atoms with Gasteiger partial charge in [-0.2, -0.15) is 0 Å². The van der Waals surface area contributed by atoms with Crippen molar-refractivity contribution in [2.24, 2.45) is 0 Å². The van der Waals surface area contributed by atoms with Gasteiger partial charge in [0.15, 0.2) is 0 Å². The van der Waals surface area contributed by atoms with Gasteiger partial charge in [0, 0.05) is 5.56 Å². The summed E-state index contributed by atoms with van der Waals surface area (Å²) in [5.41, 5.74) is 0.215. The largest absolute Gasteiger partial charge is 0.508 e. The third-order valence-corrected chi connectivity index (χ3v) is 2.67. The van der Waals surface area contributed by atoms with Crippen molar-refractivity contribution < 1.29 is 18.7 Å². The smallest absolute Gasteiger partial charge is 0.255 e. The maximum Gasteiger partial charge on any atom is 0.255 e. The van der Waals surface area contributed by atoms with Gasteiger partial charge in [-0.3, -0.25) is 4.79 Å². The lowest BCUT2D eigenvalue weighted by Gasteiger charge is -2.08. The minimum Gasteiger partial charge on any atom is -0.508 e. The molecule has 19 heavy (non-hydrogen) atoms. The number of aromatic hydroxyl groups is 1. The Kier molecular flexibility index (Phi) is 3.46. The van der Waals surface area contributed by atoms with Crippen LogP contribution in [-0.4, -0.2) is 11.0 Å². The van der Waals surface area contributed by atoms with E-state index >= 15 is 0 Å². The highest BCUT2D eigenvalue weighted by molar-refractivity contribution is 6.04. The van der Waals surface area contributed by atoms with Crippen molar-refractivity contribution >= 4 is 11.6 Å². The van der Waals surface area contributed by atoms with E-state index in [1.165, 1.54) is 18.2 Å². The second-order valence-corrected chi connectivity index (χ2v) is 4.05. The van der Waals surface area contributed by atoms with Crippen molar-refractivity contribution in [1.82, 2.24) is 0 Å². The zero-order valence-electron chi connectivity index (χ0n) is 10.1. The fourth-order valence-electron chi connectivity index (χ4n) is 1.55. The van der Waals surface area contributed by atoms with E-state index in [1.807, 2.05) is 0 Å². The van der Waals surface area contributed by atoms with Crippen molar-refractivity contribution in [3.05, 3.63) is 59.2 Å². The van der Waals surface area contributed by atoms with Gasteiger partial charge in [-0.05, 0) is 36.8 Å². The lowest BCUT2D eigenvalue weighted by molar-refractivity contribution is 0.102. The van der Waals surface area contributed by atoms with Crippen molar-refractivity contribution in [3.63, 3.8) is 0 Å². The fraction of sp³-hybridized carbons (Fsp3) is 0.0714. The molecular formula is C14H11F2NO2. The number of para-hydroxylation sites is 1. The van der Waals surface area contributed by atoms with Crippen LogP contribution >= 0.6 is 0 Å². The summed E-state index contributed by atoms with van der Waals surface area (Å²) in [6.07, 6.45) is 0. The molecule has 1 amide bonds. The van der Waals surface area contributed by atoms with E-state index in [-0.39, 0.29) is 11.3 Å². The predicted octanol–water partition coefficient (Wildman–Crippen LogP) is 3.23. The number of anilines is 1. The monoisotopic (exact) mass is 263 g/mol. The molecule has 3 nitrogen and oxygen atoms in total. The lowest BCUT2D eigenvalue weighted by atomic mass is 10.1.